The summed E-state index contributed by atoms with van der Waals surface area (Å²) in [5, 5.41) is 7.34. The maximum absolute atomic E-state index is 11.6. The summed E-state index contributed by atoms with van der Waals surface area (Å²) in [5.74, 6) is 7.03. The van der Waals surface area contributed by atoms with Crippen LogP contribution in [0, 0.1) is 11.8 Å². The number of nitrogens with zero attached hydrogens (tertiary/aromatic N) is 6. The number of aromatic nitrogens is 5. The predicted molar refractivity (Wildman–Crippen MR) is 154 cm³/mol. The Kier molecular flexibility index (Phi) is 6.73. The molecule has 1 aliphatic heterocycles. The molecule has 0 spiro atoms. The number of hydrogen-bond acceptors (Lipinski definition) is 7. The van der Waals surface area contributed by atoms with Crippen molar-refractivity contribution in [2.45, 2.75) is 13.1 Å². The molecule has 2 N–H and O–H groups in total. The van der Waals surface area contributed by atoms with Gasteiger partial charge in [0.25, 0.3) is 0 Å². The van der Waals surface area contributed by atoms with E-state index in [2.05, 4.69) is 50.8 Å². The van der Waals surface area contributed by atoms with Crippen LogP contribution in [0.1, 0.15) is 5.56 Å². The molecule has 0 radical (unpaired) electrons. The molecule has 198 valence electrons. The monoisotopic (exact) mass is 559 g/mol. The summed E-state index contributed by atoms with van der Waals surface area (Å²) in [6, 6.07) is 16.1. The average Bonchev–Trinajstić information content (AvgIpc) is 3.50. The van der Waals surface area contributed by atoms with Crippen molar-refractivity contribution in [2.24, 2.45) is 0 Å². The smallest absolute Gasteiger partial charge is 0.164 e. The number of nitrogens with two attached hydrogens (primary N) is 1. The van der Waals surface area contributed by atoms with Crippen molar-refractivity contribution in [2.75, 3.05) is 36.9 Å². The molecule has 0 aliphatic carbocycles. The van der Waals surface area contributed by atoms with Crippen molar-refractivity contribution in [3.63, 3.8) is 0 Å². The lowest BCUT2D eigenvalue weighted by Gasteiger charge is -2.24. The lowest BCUT2D eigenvalue weighted by molar-refractivity contribution is 0.331. The Hall–Kier alpha value is -3.91. The second-order valence-electron chi connectivity index (χ2n) is 9.55. The van der Waals surface area contributed by atoms with Gasteiger partial charge in [-0.05, 0) is 29.8 Å². The molecule has 0 saturated carbocycles. The molecule has 5 aromatic rings. The fourth-order valence-corrected chi connectivity index (χ4v) is 6.32. The molecular formula is C28H26ClN7O2S. The zero-order valence-corrected chi connectivity index (χ0v) is 22.7. The van der Waals surface area contributed by atoms with Crippen LogP contribution < -0.4 is 5.73 Å². The lowest BCUT2D eigenvalue weighted by atomic mass is 10.1. The van der Waals surface area contributed by atoms with E-state index < -0.39 is 9.84 Å². The molecule has 11 heteroatoms. The van der Waals surface area contributed by atoms with E-state index in [9.17, 15) is 8.42 Å². The Morgan fingerprint density at radius 1 is 1.00 bits per heavy atom. The summed E-state index contributed by atoms with van der Waals surface area (Å²) >= 11 is 6.38. The van der Waals surface area contributed by atoms with Crippen molar-refractivity contribution in [3.8, 4) is 23.1 Å². The first-order chi connectivity index (χ1) is 18.9. The van der Waals surface area contributed by atoms with E-state index in [-0.39, 0.29) is 11.5 Å². The third-order valence-corrected chi connectivity index (χ3v) is 8.97. The molecule has 0 unspecified atom stereocenters. The standard InChI is InChI=1S/C28H26ClN7O2S/c29-23-6-2-1-5-22(23)18-35-12-9-20-17-21(7-8-24(20)35)26-25-27(30)31-19-32-28(25)36(33-26)11-4-3-10-34-13-15-39(37,38)16-14-34/h1-2,5-9,12,17,19H,10-11,13-16,18H2,(H2,30,31,32). The van der Waals surface area contributed by atoms with Crippen LogP contribution in [0.2, 0.25) is 5.02 Å². The van der Waals surface area contributed by atoms with Crippen molar-refractivity contribution in [3.05, 3.63) is 71.6 Å². The van der Waals surface area contributed by atoms with Gasteiger partial charge in [0.1, 0.15) is 24.4 Å². The Morgan fingerprint density at radius 2 is 1.79 bits per heavy atom. The van der Waals surface area contributed by atoms with Gasteiger partial charge in [-0.3, -0.25) is 4.90 Å². The van der Waals surface area contributed by atoms with Gasteiger partial charge in [0.15, 0.2) is 15.5 Å². The second kappa shape index (κ2) is 10.3. The van der Waals surface area contributed by atoms with Gasteiger partial charge in [0.2, 0.25) is 0 Å². The van der Waals surface area contributed by atoms with E-state index in [1.54, 1.807) is 4.68 Å². The van der Waals surface area contributed by atoms with E-state index >= 15 is 0 Å². The van der Waals surface area contributed by atoms with Crippen LogP contribution in [-0.2, 0) is 22.9 Å². The SMILES string of the molecule is Nc1ncnc2c1c(-c1ccc3c(ccn3Cc3ccccc3Cl)c1)nn2CC#CCN1CCS(=O)(=O)CC1. The summed E-state index contributed by atoms with van der Waals surface area (Å²) < 4.78 is 27.2. The Labute approximate surface area is 231 Å². The zero-order valence-electron chi connectivity index (χ0n) is 21.1. The van der Waals surface area contributed by atoms with Crippen LogP contribution in [0.4, 0.5) is 5.82 Å². The van der Waals surface area contributed by atoms with Crippen molar-refractivity contribution >= 4 is 49.2 Å². The number of sulfone groups is 1. The summed E-state index contributed by atoms with van der Waals surface area (Å²) in [5.41, 5.74) is 10.7. The molecule has 1 fully saturated rings. The van der Waals surface area contributed by atoms with Crippen LogP contribution in [0.3, 0.4) is 0 Å². The van der Waals surface area contributed by atoms with E-state index in [0.29, 0.717) is 55.3 Å². The van der Waals surface area contributed by atoms with Crippen LogP contribution in [0.15, 0.2) is 61.1 Å². The minimum absolute atomic E-state index is 0.186. The first-order valence-corrected chi connectivity index (χ1v) is 14.8. The highest BCUT2D eigenvalue weighted by Crippen LogP contribution is 2.32. The molecule has 2 aromatic carbocycles. The third-order valence-electron chi connectivity index (χ3n) is 7.00. The fourth-order valence-electron chi connectivity index (χ4n) is 4.85. The minimum Gasteiger partial charge on any atom is -0.383 e. The number of fused-ring (bicyclic) bond motifs is 2. The molecule has 6 rings (SSSR count). The minimum atomic E-state index is -2.91. The van der Waals surface area contributed by atoms with Gasteiger partial charge in [-0.2, -0.15) is 5.10 Å². The number of hydrogen-bond donors (Lipinski definition) is 1. The zero-order chi connectivity index (χ0) is 27.0. The van der Waals surface area contributed by atoms with Gasteiger partial charge in [0, 0.05) is 47.3 Å². The largest absolute Gasteiger partial charge is 0.383 e. The van der Waals surface area contributed by atoms with Gasteiger partial charge < -0.3 is 10.3 Å². The molecule has 4 heterocycles. The van der Waals surface area contributed by atoms with Gasteiger partial charge >= 0.3 is 0 Å². The van der Waals surface area contributed by atoms with Crippen LogP contribution in [0.5, 0.6) is 0 Å². The molecule has 0 amide bonds. The summed E-state index contributed by atoms with van der Waals surface area (Å²) in [4.78, 5) is 10.7. The van der Waals surface area contributed by atoms with E-state index in [1.165, 1.54) is 6.33 Å². The number of rotatable bonds is 5. The Morgan fingerprint density at radius 3 is 2.62 bits per heavy atom. The topological polar surface area (TPSA) is 112 Å². The van der Waals surface area contributed by atoms with Crippen LogP contribution >= 0.6 is 11.6 Å². The highest BCUT2D eigenvalue weighted by molar-refractivity contribution is 7.91. The van der Waals surface area contributed by atoms with Crippen molar-refractivity contribution < 1.29 is 8.42 Å². The third kappa shape index (κ3) is 5.21. The normalized spacial score (nSPS) is 15.4. The molecule has 0 atom stereocenters. The van der Waals surface area contributed by atoms with Gasteiger partial charge in [0.05, 0.1) is 23.4 Å². The molecule has 1 aliphatic rings. The highest BCUT2D eigenvalue weighted by Gasteiger charge is 2.21. The lowest BCUT2D eigenvalue weighted by Crippen LogP contribution is -2.40. The van der Waals surface area contributed by atoms with E-state index in [0.717, 1.165) is 27.1 Å². The van der Waals surface area contributed by atoms with Gasteiger partial charge in [-0.25, -0.2) is 23.1 Å². The molecule has 39 heavy (non-hydrogen) atoms. The number of nitrogen functional groups attached to an aromatic ring is 1. The number of anilines is 1. The van der Waals surface area contributed by atoms with Gasteiger partial charge in [-0.15, -0.1) is 0 Å². The average molecular weight is 560 g/mol. The fraction of sp³-hybridized carbons (Fsp3) is 0.250. The Balaban J connectivity index is 1.27. The van der Waals surface area contributed by atoms with Crippen molar-refractivity contribution in [1.29, 1.82) is 0 Å². The quantitative estimate of drug-likeness (QED) is 0.328. The molecule has 3 aromatic heterocycles. The molecular weight excluding hydrogens is 534 g/mol. The van der Waals surface area contributed by atoms with Crippen LogP contribution in [0.25, 0.3) is 33.2 Å². The summed E-state index contributed by atoms with van der Waals surface area (Å²) in [6.45, 7) is 2.54. The predicted octanol–water partition coefficient (Wildman–Crippen LogP) is 3.47. The first-order valence-electron chi connectivity index (χ1n) is 12.6. The molecule has 9 nitrogen and oxygen atoms in total. The maximum atomic E-state index is 11.6. The molecule has 1 saturated heterocycles. The van der Waals surface area contributed by atoms with Crippen LogP contribution in [-0.4, -0.2) is 68.8 Å². The summed E-state index contributed by atoms with van der Waals surface area (Å²) in [7, 11) is -2.91. The van der Waals surface area contributed by atoms with Crippen molar-refractivity contribution in [1.82, 2.24) is 29.2 Å². The molecule has 0 bridgehead atoms. The number of benzene rings is 2. The van der Waals surface area contributed by atoms with E-state index in [4.69, 9.17) is 22.4 Å². The highest BCUT2D eigenvalue weighted by atomic mass is 35.5. The number of halogens is 1. The van der Waals surface area contributed by atoms with E-state index in [1.807, 2.05) is 35.2 Å². The second-order valence-corrected chi connectivity index (χ2v) is 12.3. The summed E-state index contributed by atoms with van der Waals surface area (Å²) in [6.07, 6.45) is 3.48. The maximum Gasteiger partial charge on any atom is 0.164 e. The first kappa shape index (κ1) is 25.4. The van der Waals surface area contributed by atoms with Gasteiger partial charge in [-0.1, -0.05) is 47.7 Å². The Bertz CT molecular complexity index is 1850.